The second-order valence-electron chi connectivity index (χ2n) is 4.72. The minimum atomic E-state index is -1.78. The highest BCUT2D eigenvalue weighted by atomic mass is 16.7. The zero-order chi connectivity index (χ0) is 16.9. The smallest absolute Gasteiger partial charge is 0.507 e. The molecule has 0 atom stereocenters. The molecule has 0 saturated heterocycles. The molecule has 0 saturated carbocycles. The monoisotopic (exact) mass is 316 g/mol. The summed E-state index contributed by atoms with van der Waals surface area (Å²) in [5.74, 6) is -4.53. The third kappa shape index (κ3) is 1.96. The maximum atomic E-state index is 12.5. The van der Waals surface area contributed by atoms with Crippen LogP contribution >= 0.6 is 0 Å². The molecule has 0 heterocycles. The van der Waals surface area contributed by atoms with Crippen molar-refractivity contribution in [3.63, 3.8) is 0 Å². The van der Waals surface area contributed by atoms with E-state index in [0.29, 0.717) is 0 Å². The minimum absolute atomic E-state index is 0.135. The summed E-state index contributed by atoms with van der Waals surface area (Å²) in [6.07, 6.45) is -1.78. The summed E-state index contributed by atoms with van der Waals surface area (Å²) in [6, 6.07) is 4.55. The Kier molecular flexibility index (Phi) is 2.96. The molecule has 0 amide bonds. The summed E-state index contributed by atoms with van der Waals surface area (Å²) in [5, 5.41) is 38.4. The van der Waals surface area contributed by atoms with Crippen molar-refractivity contribution in [2.75, 3.05) is 0 Å². The Morgan fingerprint density at radius 3 is 2.26 bits per heavy atom. The summed E-state index contributed by atoms with van der Waals surface area (Å²) in [6.45, 7) is 0. The number of rotatable bonds is 1. The fourth-order valence-corrected chi connectivity index (χ4v) is 2.48. The zero-order valence-corrected chi connectivity index (χ0v) is 11.2. The fourth-order valence-electron chi connectivity index (χ4n) is 2.48. The third-order valence-electron chi connectivity index (χ3n) is 3.41. The highest BCUT2D eigenvalue weighted by molar-refractivity contribution is 6.31. The van der Waals surface area contributed by atoms with Crippen molar-refractivity contribution in [1.29, 1.82) is 0 Å². The van der Waals surface area contributed by atoms with Gasteiger partial charge in [-0.2, -0.15) is 0 Å². The molecule has 2 aromatic carbocycles. The number of ketones is 2. The molecule has 8 nitrogen and oxygen atoms in total. The predicted octanol–water partition coefficient (Wildman–Crippen LogP) is 1.64. The Hall–Kier alpha value is -3.55. The molecule has 0 aliphatic heterocycles. The summed E-state index contributed by atoms with van der Waals surface area (Å²) in [7, 11) is 0. The first kappa shape index (κ1) is 14.4. The maximum absolute atomic E-state index is 12.5. The van der Waals surface area contributed by atoms with Gasteiger partial charge in [-0.05, 0) is 6.07 Å². The lowest BCUT2D eigenvalue weighted by Gasteiger charge is -2.20. The van der Waals surface area contributed by atoms with Gasteiger partial charge in [0.1, 0.15) is 11.5 Å². The molecule has 0 radical (unpaired) electrons. The van der Waals surface area contributed by atoms with Crippen molar-refractivity contribution in [2.24, 2.45) is 0 Å². The second kappa shape index (κ2) is 4.73. The number of fused-ring (bicyclic) bond motifs is 2. The molecular weight excluding hydrogens is 308 g/mol. The van der Waals surface area contributed by atoms with Crippen LogP contribution in [-0.2, 0) is 0 Å². The summed E-state index contributed by atoms with van der Waals surface area (Å²) in [5.41, 5.74) is -1.58. The van der Waals surface area contributed by atoms with E-state index in [1.807, 2.05) is 0 Å². The van der Waals surface area contributed by atoms with Gasteiger partial charge in [-0.3, -0.25) is 9.59 Å². The molecule has 23 heavy (non-hydrogen) atoms. The summed E-state index contributed by atoms with van der Waals surface area (Å²) in [4.78, 5) is 35.5. The van der Waals surface area contributed by atoms with E-state index < -0.39 is 51.8 Å². The fraction of sp³-hybridized carbons (Fsp3) is 0. The van der Waals surface area contributed by atoms with Gasteiger partial charge in [-0.1, -0.05) is 12.1 Å². The van der Waals surface area contributed by atoms with Crippen molar-refractivity contribution in [3.05, 3.63) is 46.5 Å². The van der Waals surface area contributed by atoms with Crippen LogP contribution in [0.1, 0.15) is 31.8 Å². The first-order valence-electron chi connectivity index (χ1n) is 6.24. The van der Waals surface area contributed by atoms with E-state index in [1.54, 1.807) is 0 Å². The average Bonchev–Trinajstić information content (AvgIpc) is 2.47. The van der Waals surface area contributed by atoms with Gasteiger partial charge in [0.2, 0.25) is 5.78 Å². The molecule has 0 unspecified atom stereocenters. The van der Waals surface area contributed by atoms with Crippen LogP contribution in [0.2, 0.25) is 0 Å². The van der Waals surface area contributed by atoms with Gasteiger partial charge in [-0.25, -0.2) is 4.79 Å². The SMILES string of the molecule is O=C(O)Oc1cc(O)c2c(c1O)C(=O)c1c(O)cccc1C2=O. The Labute approximate surface area is 127 Å². The predicted molar refractivity (Wildman–Crippen MR) is 73.4 cm³/mol. The van der Waals surface area contributed by atoms with Gasteiger partial charge >= 0.3 is 6.16 Å². The number of hydrogen-bond acceptors (Lipinski definition) is 7. The van der Waals surface area contributed by atoms with Crippen LogP contribution in [0.5, 0.6) is 23.0 Å². The number of benzene rings is 2. The Bertz CT molecular complexity index is 897. The largest absolute Gasteiger partial charge is 0.511 e. The first-order chi connectivity index (χ1) is 10.8. The second-order valence-corrected chi connectivity index (χ2v) is 4.72. The van der Waals surface area contributed by atoms with Crippen molar-refractivity contribution in [2.45, 2.75) is 0 Å². The lowest BCUT2D eigenvalue weighted by Crippen LogP contribution is -2.21. The number of hydrogen-bond donors (Lipinski definition) is 4. The Balaban J connectivity index is 2.34. The maximum Gasteiger partial charge on any atom is 0.511 e. The van der Waals surface area contributed by atoms with E-state index in [9.17, 15) is 29.7 Å². The number of ether oxygens (including phenoxy) is 1. The van der Waals surface area contributed by atoms with E-state index >= 15 is 0 Å². The van der Waals surface area contributed by atoms with Gasteiger partial charge in [0.25, 0.3) is 0 Å². The zero-order valence-electron chi connectivity index (χ0n) is 11.2. The van der Waals surface area contributed by atoms with Gasteiger partial charge in [-0.15, -0.1) is 0 Å². The standard InChI is InChI=1S/C15H8O8/c16-6-3-1-2-5-9(6)14(20)11-10(12(5)18)7(17)4-8(13(11)19)23-15(21)22/h1-4,16-17,19H,(H,21,22). The van der Waals surface area contributed by atoms with Crippen LogP contribution in [-0.4, -0.2) is 38.1 Å². The molecule has 0 fully saturated rings. The summed E-state index contributed by atoms with van der Waals surface area (Å²) < 4.78 is 4.27. The van der Waals surface area contributed by atoms with E-state index in [0.717, 1.165) is 6.07 Å². The van der Waals surface area contributed by atoms with Crippen molar-refractivity contribution < 1.29 is 39.5 Å². The molecule has 0 aromatic heterocycles. The topological polar surface area (TPSA) is 141 Å². The minimum Gasteiger partial charge on any atom is -0.507 e. The molecule has 1 aliphatic carbocycles. The van der Waals surface area contributed by atoms with Crippen LogP contribution in [0.15, 0.2) is 24.3 Å². The van der Waals surface area contributed by atoms with Crippen molar-refractivity contribution in [1.82, 2.24) is 0 Å². The molecule has 116 valence electrons. The van der Waals surface area contributed by atoms with Gasteiger partial charge < -0.3 is 25.2 Å². The molecule has 0 bridgehead atoms. The third-order valence-corrected chi connectivity index (χ3v) is 3.41. The first-order valence-corrected chi connectivity index (χ1v) is 6.24. The van der Waals surface area contributed by atoms with E-state index in [4.69, 9.17) is 5.11 Å². The number of carboxylic acid groups (broad SMARTS) is 1. The van der Waals surface area contributed by atoms with Crippen LogP contribution in [0.4, 0.5) is 4.79 Å². The van der Waals surface area contributed by atoms with Crippen molar-refractivity contribution in [3.8, 4) is 23.0 Å². The molecule has 4 N–H and O–H groups in total. The Morgan fingerprint density at radius 1 is 0.913 bits per heavy atom. The van der Waals surface area contributed by atoms with Crippen molar-refractivity contribution >= 4 is 17.7 Å². The van der Waals surface area contributed by atoms with Crippen LogP contribution in [0.3, 0.4) is 0 Å². The molecule has 0 spiro atoms. The number of phenolic OH excluding ortho intramolecular Hbond substituents is 3. The number of carbonyl (C=O) groups is 3. The average molecular weight is 316 g/mol. The van der Waals surface area contributed by atoms with Crippen LogP contribution < -0.4 is 4.74 Å². The lowest BCUT2D eigenvalue weighted by molar-refractivity contribution is 0.0970. The van der Waals surface area contributed by atoms with Crippen LogP contribution in [0.25, 0.3) is 0 Å². The van der Waals surface area contributed by atoms with E-state index in [2.05, 4.69) is 4.74 Å². The Morgan fingerprint density at radius 2 is 1.61 bits per heavy atom. The van der Waals surface area contributed by atoms with Gasteiger partial charge in [0.05, 0.1) is 16.7 Å². The summed E-state index contributed by atoms with van der Waals surface area (Å²) >= 11 is 0. The van der Waals surface area contributed by atoms with E-state index in [-0.39, 0.29) is 11.1 Å². The molecule has 3 rings (SSSR count). The highest BCUT2D eigenvalue weighted by Gasteiger charge is 2.38. The lowest BCUT2D eigenvalue weighted by atomic mass is 9.82. The van der Waals surface area contributed by atoms with Gasteiger partial charge in [0.15, 0.2) is 17.3 Å². The normalized spacial score (nSPS) is 12.5. The number of carbonyl (C=O) groups excluding carboxylic acids is 2. The van der Waals surface area contributed by atoms with Gasteiger partial charge in [0, 0.05) is 11.6 Å². The quantitative estimate of drug-likeness (QED) is 0.301. The van der Waals surface area contributed by atoms with Crippen LogP contribution in [0, 0.1) is 0 Å². The molecule has 1 aliphatic rings. The molecule has 2 aromatic rings. The number of aromatic hydroxyl groups is 3. The highest BCUT2D eigenvalue weighted by Crippen LogP contribution is 2.44. The number of phenols is 3. The van der Waals surface area contributed by atoms with E-state index in [1.165, 1.54) is 18.2 Å². The molecular formula is C15H8O8. The molecule has 8 heteroatoms.